The molecule has 0 aromatic carbocycles. The van der Waals surface area contributed by atoms with Gasteiger partial charge in [0.25, 0.3) is 0 Å². The monoisotopic (exact) mass is 321 g/mol. The third-order valence-electron chi connectivity index (χ3n) is 4.74. The van der Waals surface area contributed by atoms with Gasteiger partial charge in [-0.15, -0.1) is 11.3 Å². The van der Waals surface area contributed by atoms with Gasteiger partial charge in [-0.05, 0) is 46.2 Å². The average molecular weight is 321 g/mol. The second-order valence-corrected chi connectivity index (χ2v) is 7.56. The highest BCUT2D eigenvalue weighted by Gasteiger charge is 2.30. The molecule has 2 aliphatic heterocycles. The van der Waals surface area contributed by atoms with E-state index in [1.165, 1.54) is 37.2 Å². The number of nitrogens with zero attached hydrogens (tertiary/aromatic N) is 4. The van der Waals surface area contributed by atoms with Gasteiger partial charge in [0.2, 0.25) is 0 Å². The Morgan fingerprint density at radius 2 is 2.09 bits per heavy atom. The summed E-state index contributed by atoms with van der Waals surface area (Å²) < 4.78 is 0. The van der Waals surface area contributed by atoms with Crippen molar-refractivity contribution in [2.45, 2.75) is 45.7 Å². The van der Waals surface area contributed by atoms with E-state index in [9.17, 15) is 0 Å². The molecule has 3 rings (SSSR count). The van der Waals surface area contributed by atoms with Crippen LogP contribution in [0.3, 0.4) is 0 Å². The molecule has 2 saturated heterocycles. The van der Waals surface area contributed by atoms with Gasteiger partial charge in [0, 0.05) is 31.1 Å². The zero-order chi connectivity index (χ0) is 15.5. The molecular weight excluding hydrogens is 294 g/mol. The van der Waals surface area contributed by atoms with Crippen LogP contribution in [0.15, 0.2) is 4.99 Å². The molecule has 6 heteroatoms. The van der Waals surface area contributed by atoms with Crippen LogP contribution in [0.4, 0.5) is 0 Å². The van der Waals surface area contributed by atoms with Crippen LogP contribution in [-0.4, -0.2) is 60.0 Å². The van der Waals surface area contributed by atoms with Crippen LogP contribution in [0.1, 0.15) is 34.8 Å². The molecule has 0 spiro atoms. The van der Waals surface area contributed by atoms with Gasteiger partial charge in [-0.1, -0.05) is 0 Å². The summed E-state index contributed by atoms with van der Waals surface area (Å²) in [6.07, 6.45) is 4.00. The van der Waals surface area contributed by atoms with E-state index in [4.69, 9.17) is 0 Å². The summed E-state index contributed by atoms with van der Waals surface area (Å²) in [7, 11) is 1.89. The third kappa shape index (κ3) is 3.43. The molecule has 5 nitrogen and oxygen atoms in total. The van der Waals surface area contributed by atoms with E-state index in [1.54, 1.807) is 11.3 Å². The topological polar surface area (TPSA) is 43.8 Å². The molecule has 0 saturated carbocycles. The number of guanidine groups is 1. The molecule has 1 N–H and O–H groups in total. The number of likely N-dealkylation sites (tertiary alicyclic amines) is 2. The maximum Gasteiger partial charge on any atom is 0.193 e. The van der Waals surface area contributed by atoms with E-state index in [1.807, 2.05) is 7.05 Å². The van der Waals surface area contributed by atoms with E-state index >= 15 is 0 Å². The standard InChI is InChI=1S/C16H27N5S/c1-12-15(22-13(2)19-12)10-18-16(17-3)21-9-6-14(11-21)20-7-4-5-8-20/h14H,4-11H2,1-3H3,(H,17,18). The Kier molecular flexibility index (Phi) is 4.98. The molecule has 1 aromatic rings. The van der Waals surface area contributed by atoms with Crippen molar-refractivity contribution in [1.82, 2.24) is 20.1 Å². The SMILES string of the molecule is CN=C(NCc1sc(C)nc1C)N1CCC(N2CCCC2)C1. The minimum atomic E-state index is 0.716. The zero-order valence-electron chi connectivity index (χ0n) is 13.9. The van der Waals surface area contributed by atoms with Crippen LogP contribution >= 0.6 is 11.3 Å². The first-order chi connectivity index (χ1) is 10.7. The Balaban J connectivity index is 1.55. The van der Waals surface area contributed by atoms with Crippen LogP contribution in [-0.2, 0) is 6.54 Å². The summed E-state index contributed by atoms with van der Waals surface area (Å²) in [5.41, 5.74) is 1.14. The Morgan fingerprint density at radius 3 is 2.73 bits per heavy atom. The van der Waals surface area contributed by atoms with Crippen LogP contribution in [0, 0.1) is 13.8 Å². The number of rotatable bonds is 3. The highest BCUT2D eigenvalue weighted by atomic mass is 32.1. The summed E-state index contributed by atoms with van der Waals surface area (Å²) in [4.78, 5) is 15.4. The molecule has 1 aromatic heterocycles. The average Bonchev–Trinajstić information content (AvgIpc) is 3.21. The fourth-order valence-corrected chi connectivity index (χ4v) is 4.44. The van der Waals surface area contributed by atoms with Crippen molar-refractivity contribution in [2.24, 2.45) is 4.99 Å². The number of aliphatic imine (C=N–C) groups is 1. The fraction of sp³-hybridized carbons (Fsp3) is 0.750. The molecule has 0 aliphatic carbocycles. The Morgan fingerprint density at radius 1 is 1.32 bits per heavy atom. The van der Waals surface area contributed by atoms with Crippen LogP contribution in [0.2, 0.25) is 0 Å². The van der Waals surface area contributed by atoms with Crippen LogP contribution in [0.25, 0.3) is 0 Å². The first kappa shape index (κ1) is 15.7. The third-order valence-corrected chi connectivity index (χ3v) is 5.81. The molecule has 122 valence electrons. The largest absolute Gasteiger partial charge is 0.351 e. The predicted octanol–water partition coefficient (Wildman–Crippen LogP) is 2.01. The van der Waals surface area contributed by atoms with E-state index in [-0.39, 0.29) is 0 Å². The molecular formula is C16H27N5S. The molecule has 2 aliphatic rings. The molecule has 3 heterocycles. The van der Waals surface area contributed by atoms with Gasteiger partial charge >= 0.3 is 0 Å². The van der Waals surface area contributed by atoms with Gasteiger partial charge in [0.1, 0.15) is 0 Å². The van der Waals surface area contributed by atoms with Gasteiger partial charge < -0.3 is 10.2 Å². The second kappa shape index (κ2) is 6.96. The first-order valence-corrected chi connectivity index (χ1v) is 9.11. The number of aryl methyl sites for hydroxylation is 2. The molecule has 0 amide bonds. The number of aromatic nitrogens is 1. The highest BCUT2D eigenvalue weighted by Crippen LogP contribution is 2.21. The van der Waals surface area contributed by atoms with E-state index < -0.39 is 0 Å². The predicted molar refractivity (Wildman–Crippen MR) is 92.6 cm³/mol. The van der Waals surface area contributed by atoms with E-state index in [2.05, 4.69) is 38.9 Å². The minimum absolute atomic E-state index is 0.716. The van der Waals surface area contributed by atoms with Crippen LogP contribution in [0.5, 0.6) is 0 Å². The Hall–Kier alpha value is -1.14. The lowest BCUT2D eigenvalue weighted by Gasteiger charge is -2.25. The van der Waals surface area contributed by atoms with Gasteiger partial charge in [-0.3, -0.25) is 9.89 Å². The second-order valence-electron chi connectivity index (χ2n) is 6.27. The van der Waals surface area contributed by atoms with Crippen molar-refractivity contribution >= 4 is 17.3 Å². The number of nitrogens with one attached hydrogen (secondary N) is 1. The smallest absolute Gasteiger partial charge is 0.193 e. The summed E-state index contributed by atoms with van der Waals surface area (Å²) in [5, 5.41) is 4.66. The summed E-state index contributed by atoms with van der Waals surface area (Å²) in [6, 6.07) is 0.716. The van der Waals surface area contributed by atoms with Crippen molar-refractivity contribution in [2.75, 3.05) is 33.2 Å². The quantitative estimate of drug-likeness (QED) is 0.683. The van der Waals surface area contributed by atoms with Gasteiger partial charge in [-0.2, -0.15) is 0 Å². The summed E-state index contributed by atoms with van der Waals surface area (Å²) in [6.45, 7) is 9.77. The Labute approximate surface area is 137 Å². The van der Waals surface area contributed by atoms with Crippen molar-refractivity contribution in [1.29, 1.82) is 0 Å². The normalized spacial score (nSPS) is 23.5. The summed E-state index contributed by atoms with van der Waals surface area (Å²) >= 11 is 1.77. The van der Waals surface area contributed by atoms with E-state index in [0.717, 1.165) is 36.3 Å². The number of thiazole rings is 1. The molecule has 2 fully saturated rings. The molecule has 1 unspecified atom stereocenters. The van der Waals surface area contributed by atoms with Crippen molar-refractivity contribution in [3.05, 3.63) is 15.6 Å². The van der Waals surface area contributed by atoms with Crippen molar-refractivity contribution < 1.29 is 0 Å². The van der Waals surface area contributed by atoms with Gasteiger partial charge in [-0.25, -0.2) is 4.98 Å². The van der Waals surface area contributed by atoms with E-state index in [0.29, 0.717) is 6.04 Å². The van der Waals surface area contributed by atoms with Crippen molar-refractivity contribution in [3.63, 3.8) is 0 Å². The lowest BCUT2D eigenvalue weighted by Crippen LogP contribution is -2.42. The lowest BCUT2D eigenvalue weighted by molar-refractivity contribution is 0.249. The first-order valence-electron chi connectivity index (χ1n) is 8.30. The molecule has 1 atom stereocenters. The fourth-order valence-electron chi connectivity index (χ4n) is 3.57. The van der Waals surface area contributed by atoms with Gasteiger partial charge in [0.05, 0.1) is 17.2 Å². The maximum absolute atomic E-state index is 4.50. The number of hydrogen-bond donors (Lipinski definition) is 1. The highest BCUT2D eigenvalue weighted by molar-refractivity contribution is 7.11. The lowest BCUT2D eigenvalue weighted by atomic mass is 10.2. The number of hydrogen-bond acceptors (Lipinski definition) is 4. The van der Waals surface area contributed by atoms with Gasteiger partial charge in [0.15, 0.2) is 5.96 Å². The molecule has 22 heavy (non-hydrogen) atoms. The maximum atomic E-state index is 4.50. The molecule has 0 bridgehead atoms. The molecule has 0 radical (unpaired) electrons. The summed E-state index contributed by atoms with van der Waals surface area (Å²) in [5.74, 6) is 1.03. The zero-order valence-corrected chi connectivity index (χ0v) is 14.7. The minimum Gasteiger partial charge on any atom is -0.351 e. The van der Waals surface area contributed by atoms with Crippen molar-refractivity contribution in [3.8, 4) is 0 Å². The van der Waals surface area contributed by atoms with Crippen LogP contribution < -0.4 is 5.32 Å². The Bertz CT molecular complexity index is 533.